The summed E-state index contributed by atoms with van der Waals surface area (Å²) in [6.07, 6.45) is 8.91. The van der Waals surface area contributed by atoms with Crippen LogP contribution in [-0.4, -0.2) is 17.1 Å². The molecule has 0 aliphatic heterocycles. The quantitative estimate of drug-likeness (QED) is 0.720. The molecular formula is C14H27NO2. The van der Waals surface area contributed by atoms with Gasteiger partial charge in [-0.05, 0) is 18.3 Å². The highest BCUT2D eigenvalue weighted by Crippen LogP contribution is 2.30. The van der Waals surface area contributed by atoms with Crippen LogP contribution in [0.4, 0.5) is 0 Å². The van der Waals surface area contributed by atoms with Crippen LogP contribution >= 0.6 is 0 Å². The summed E-state index contributed by atoms with van der Waals surface area (Å²) >= 11 is 0. The van der Waals surface area contributed by atoms with E-state index in [0.717, 1.165) is 12.3 Å². The van der Waals surface area contributed by atoms with E-state index in [1.807, 2.05) is 0 Å². The smallest absolute Gasteiger partial charge is 0.307 e. The maximum Gasteiger partial charge on any atom is 0.307 e. The second-order valence-corrected chi connectivity index (χ2v) is 5.86. The molecule has 3 unspecified atom stereocenters. The minimum Gasteiger partial charge on any atom is -0.481 e. The van der Waals surface area contributed by atoms with E-state index in [4.69, 9.17) is 10.8 Å². The Bertz CT molecular complexity index is 236. The SMILES string of the molecule is CC(CCC1CCCC1)CC(N)C(C)C(=O)O. The topological polar surface area (TPSA) is 63.3 Å². The number of hydrogen-bond donors (Lipinski definition) is 2. The van der Waals surface area contributed by atoms with Gasteiger partial charge in [0, 0.05) is 6.04 Å². The van der Waals surface area contributed by atoms with Crippen molar-refractivity contribution in [2.45, 2.75) is 64.8 Å². The van der Waals surface area contributed by atoms with Crippen molar-refractivity contribution in [3.63, 3.8) is 0 Å². The number of carboxylic acid groups (broad SMARTS) is 1. The summed E-state index contributed by atoms with van der Waals surface area (Å²) in [5.74, 6) is 0.266. The van der Waals surface area contributed by atoms with E-state index in [0.29, 0.717) is 5.92 Å². The summed E-state index contributed by atoms with van der Waals surface area (Å²) in [5, 5.41) is 8.89. The number of carbonyl (C=O) groups is 1. The lowest BCUT2D eigenvalue weighted by Crippen LogP contribution is -2.35. The highest BCUT2D eigenvalue weighted by Gasteiger charge is 2.22. The first-order valence-corrected chi connectivity index (χ1v) is 6.99. The molecule has 1 aliphatic rings. The van der Waals surface area contributed by atoms with Crippen molar-refractivity contribution >= 4 is 5.97 Å². The van der Waals surface area contributed by atoms with E-state index >= 15 is 0 Å². The number of hydrogen-bond acceptors (Lipinski definition) is 2. The van der Waals surface area contributed by atoms with Crippen LogP contribution in [0.25, 0.3) is 0 Å². The molecule has 0 bridgehead atoms. The average molecular weight is 241 g/mol. The van der Waals surface area contributed by atoms with Gasteiger partial charge < -0.3 is 10.8 Å². The Hall–Kier alpha value is -0.570. The van der Waals surface area contributed by atoms with Crippen LogP contribution in [0.15, 0.2) is 0 Å². The third kappa shape index (κ3) is 5.07. The van der Waals surface area contributed by atoms with Gasteiger partial charge in [0.05, 0.1) is 5.92 Å². The van der Waals surface area contributed by atoms with Crippen LogP contribution in [0.5, 0.6) is 0 Å². The third-order valence-electron chi connectivity index (χ3n) is 4.25. The minimum absolute atomic E-state index is 0.203. The lowest BCUT2D eigenvalue weighted by molar-refractivity contribution is -0.141. The molecule has 0 heterocycles. The van der Waals surface area contributed by atoms with Crippen molar-refractivity contribution < 1.29 is 9.90 Å². The fourth-order valence-corrected chi connectivity index (χ4v) is 2.79. The van der Waals surface area contributed by atoms with Crippen LogP contribution in [0.1, 0.15) is 58.8 Å². The summed E-state index contributed by atoms with van der Waals surface area (Å²) in [6, 6.07) is -0.203. The van der Waals surface area contributed by atoms with Crippen LogP contribution in [0.2, 0.25) is 0 Å². The molecule has 3 nitrogen and oxygen atoms in total. The van der Waals surface area contributed by atoms with Crippen LogP contribution in [-0.2, 0) is 4.79 Å². The highest BCUT2D eigenvalue weighted by molar-refractivity contribution is 5.70. The number of aliphatic carboxylic acids is 1. The molecule has 1 saturated carbocycles. The Morgan fingerprint density at radius 3 is 2.47 bits per heavy atom. The van der Waals surface area contributed by atoms with Gasteiger partial charge in [-0.1, -0.05) is 52.4 Å². The van der Waals surface area contributed by atoms with Crippen molar-refractivity contribution in [2.24, 2.45) is 23.5 Å². The lowest BCUT2D eigenvalue weighted by Gasteiger charge is -2.21. The number of nitrogens with two attached hydrogens (primary N) is 1. The van der Waals surface area contributed by atoms with Gasteiger partial charge >= 0.3 is 5.97 Å². The normalized spacial score (nSPS) is 22.3. The molecule has 0 aromatic rings. The van der Waals surface area contributed by atoms with Crippen molar-refractivity contribution in [3.8, 4) is 0 Å². The molecule has 0 saturated heterocycles. The molecule has 1 rings (SSSR count). The second kappa shape index (κ2) is 7.00. The molecule has 1 aliphatic carbocycles. The highest BCUT2D eigenvalue weighted by atomic mass is 16.4. The van der Waals surface area contributed by atoms with Gasteiger partial charge in [0.25, 0.3) is 0 Å². The molecule has 3 N–H and O–H groups in total. The first-order valence-electron chi connectivity index (χ1n) is 6.99. The molecule has 100 valence electrons. The van der Waals surface area contributed by atoms with Gasteiger partial charge in [0.2, 0.25) is 0 Å². The Morgan fingerprint density at radius 1 is 1.35 bits per heavy atom. The van der Waals surface area contributed by atoms with Crippen molar-refractivity contribution in [2.75, 3.05) is 0 Å². The summed E-state index contributed by atoms with van der Waals surface area (Å²) in [4.78, 5) is 10.8. The zero-order valence-electron chi connectivity index (χ0n) is 11.2. The first kappa shape index (κ1) is 14.5. The van der Waals surface area contributed by atoms with Gasteiger partial charge in [-0.25, -0.2) is 0 Å². The molecule has 17 heavy (non-hydrogen) atoms. The Kier molecular flexibility index (Phi) is 5.96. The third-order valence-corrected chi connectivity index (χ3v) is 4.25. The minimum atomic E-state index is -0.777. The van der Waals surface area contributed by atoms with E-state index < -0.39 is 11.9 Å². The van der Waals surface area contributed by atoms with E-state index in [9.17, 15) is 4.79 Å². The maximum absolute atomic E-state index is 10.8. The van der Waals surface area contributed by atoms with Crippen LogP contribution < -0.4 is 5.73 Å². The number of carboxylic acids is 1. The van der Waals surface area contributed by atoms with E-state index in [-0.39, 0.29) is 6.04 Å². The molecule has 0 spiro atoms. The summed E-state index contributed by atoms with van der Waals surface area (Å²) in [6.45, 7) is 3.90. The number of rotatable bonds is 7. The zero-order valence-corrected chi connectivity index (χ0v) is 11.2. The summed E-state index contributed by atoms with van der Waals surface area (Å²) in [7, 11) is 0. The van der Waals surface area contributed by atoms with Crippen LogP contribution in [0.3, 0.4) is 0 Å². The Labute approximate surface area is 105 Å². The van der Waals surface area contributed by atoms with Gasteiger partial charge in [-0.15, -0.1) is 0 Å². The Morgan fingerprint density at radius 2 is 1.94 bits per heavy atom. The fraction of sp³-hybridized carbons (Fsp3) is 0.929. The van der Waals surface area contributed by atoms with Gasteiger partial charge in [-0.3, -0.25) is 4.79 Å². The second-order valence-electron chi connectivity index (χ2n) is 5.86. The molecular weight excluding hydrogens is 214 g/mol. The maximum atomic E-state index is 10.8. The molecule has 0 aromatic heterocycles. The van der Waals surface area contributed by atoms with Crippen molar-refractivity contribution in [3.05, 3.63) is 0 Å². The molecule has 0 aromatic carbocycles. The summed E-state index contributed by atoms with van der Waals surface area (Å²) in [5.41, 5.74) is 5.92. The summed E-state index contributed by atoms with van der Waals surface area (Å²) < 4.78 is 0. The van der Waals surface area contributed by atoms with E-state index in [1.54, 1.807) is 6.92 Å². The molecule has 1 fully saturated rings. The zero-order chi connectivity index (χ0) is 12.8. The largest absolute Gasteiger partial charge is 0.481 e. The van der Waals surface area contributed by atoms with Crippen molar-refractivity contribution in [1.82, 2.24) is 0 Å². The Balaban J connectivity index is 2.19. The van der Waals surface area contributed by atoms with Gasteiger partial charge in [0.15, 0.2) is 0 Å². The molecule has 3 atom stereocenters. The molecule has 3 heteroatoms. The van der Waals surface area contributed by atoms with E-state index in [1.165, 1.54) is 38.5 Å². The standard InChI is InChI=1S/C14H27NO2/c1-10(7-8-12-5-3-4-6-12)9-13(15)11(2)14(16)17/h10-13H,3-9,15H2,1-2H3,(H,16,17). The predicted molar refractivity (Wildman–Crippen MR) is 69.7 cm³/mol. The fourth-order valence-electron chi connectivity index (χ4n) is 2.79. The van der Waals surface area contributed by atoms with Gasteiger partial charge in [-0.2, -0.15) is 0 Å². The molecule has 0 amide bonds. The first-order chi connectivity index (χ1) is 8.00. The lowest BCUT2D eigenvalue weighted by atomic mass is 9.88. The van der Waals surface area contributed by atoms with Gasteiger partial charge in [0.1, 0.15) is 0 Å². The average Bonchev–Trinajstić information content (AvgIpc) is 2.77. The monoisotopic (exact) mass is 241 g/mol. The molecule has 0 radical (unpaired) electrons. The van der Waals surface area contributed by atoms with E-state index in [2.05, 4.69) is 6.92 Å². The predicted octanol–water partition coefficient (Wildman–Crippen LogP) is 3.03. The van der Waals surface area contributed by atoms with Crippen molar-refractivity contribution in [1.29, 1.82) is 0 Å². The van der Waals surface area contributed by atoms with Crippen LogP contribution in [0, 0.1) is 17.8 Å².